The molecule has 2 aliphatic rings. The standard InChI is InChI=1S/C16H24N2O/c1-12(2)18(13(3)4)9-10-19-17-16-8-6-5-7-14-11-15(14)16/h5-7,11-13H,8-10H2,1-4H3. The molecular formula is C16H24N2O. The second-order valence-electron chi connectivity index (χ2n) is 5.61. The molecule has 0 atom stereocenters. The molecule has 0 radical (unpaired) electrons. The lowest BCUT2D eigenvalue weighted by Crippen LogP contribution is -2.39. The van der Waals surface area contributed by atoms with Gasteiger partial charge in [0.05, 0.1) is 5.71 Å². The lowest BCUT2D eigenvalue weighted by Gasteiger charge is -2.29. The zero-order valence-corrected chi connectivity index (χ0v) is 12.4. The van der Waals surface area contributed by atoms with Crippen LogP contribution in [0.2, 0.25) is 0 Å². The highest BCUT2D eigenvalue weighted by atomic mass is 16.6. The van der Waals surface area contributed by atoms with Gasteiger partial charge in [0.2, 0.25) is 0 Å². The van der Waals surface area contributed by atoms with Gasteiger partial charge in [0.25, 0.3) is 0 Å². The van der Waals surface area contributed by atoms with Gasteiger partial charge in [-0.3, -0.25) is 4.90 Å². The van der Waals surface area contributed by atoms with Crippen LogP contribution in [0.5, 0.6) is 0 Å². The first kappa shape index (κ1) is 14.1. The van der Waals surface area contributed by atoms with E-state index in [-0.39, 0.29) is 0 Å². The molecule has 0 unspecified atom stereocenters. The molecule has 0 aromatic heterocycles. The zero-order valence-electron chi connectivity index (χ0n) is 12.4. The quantitative estimate of drug-likeness (QED) is 0.540. The van der Waals surface area contributed by atoms with Crippen LogP contribution in [0.25, 0.3) is 0 Å². The molecule has 0 spiro atoms. The number of hydrogen-bond donors (Lipinski definition) is 0. The Morgan fingerprint density at radius 1 is 1.26 bits per heavy atom. The van der Waals surface area contributed by atoms with Crippen LogP contribution < -0.4 is 0 Å². The van der Waals surface area contributed by atoms with E-state index < -0.39 is 0 Å². The van der Waals surface area contributed by atoms with E-state index >= 15 is 0 Å². The highest BCUT2D eigenvalue weighted by Crippen LogP contribution is 2.32. The highest BCUT2D eigenvalue weighted by Gasteiger charge is 2.22. The van der Waals surface area contributed by atoms with Gasteiger partial charge in [-0.25, -0.2) is 0 Å². The fraction of sp³-hybridized carbons (Fsp3) is 0.562. The average Bonchev–Trinajstić information content (AvgIpc) is 3.09. The first-order chi connectivity index (χ1) is 9.09. The molecule has 0 bridgehead atoms. The Morgan fingerprint density at radius 3 is 2.68 bits per heavy atom. The molecule has 0 fully saturated rings. The van der Waals surface area contributed by atoms with Gasteiger partial charge in [0, 0.05) is 30.6 Å². The van der Waals surface area contributed by atoms with Crippen LogP contribution in [0.3, 0.4) is 0 Å². The molecule has 0 aromatic rings. The predicted molar refractivity (Wildman–Crippen MR) is 80.3 cm³/mol. The van der Waals surface area contributed by atoms with E-state index in [4.69, 9.17) is 4.84 Å². The van der Waals surface area contributed by atoms with Crippen molar-refractivity contribution in [2.45, 2.75) is 46.2 Å². The molecule has 2 aliphatic carbocycles. The van der Waals surface area contributed by atoms with Gasteiger partial charge in [-0.15, -0.1) is 0 Å². The maximum absolute atomic E-state index is 5.50. The minimum Gasteiger partial charge on any atom is -0.394 e. The summed E-state index contributed by atoms with van der Waals surface area (Å²) in [6.07, 6.45) is 9.35. The topological polar surface area (TPSA) is 24.8 Å². The molecule has 0 saturated heterocycles. The second-order valence-corrected chi connectivity index (χ2v) is 5.61. The Labute approximate surface area is 116 Å². The summed E-state index contributed by atoms with van der Waals surface area (Å²) in [4.78, 5) is 7.91. The van der Waals surface area contributed by atoms with E-state index in [0.29, 0.717) is 18.7 Å². The Bertz CT molecular complexity index is 434. The minimum absolute atomic E-state index is 0.540. The first-order valence-corrected chi connectivity index (χ1v) is 7.13. The number of oxime groups is 1. The summed E-state index contributed by atoms with van der Waals surface area (Å²) >= 11 is 0. The van der Waals surface area contributed by atoms with E-state index in [0.717, 1.165) is 18.7 Å². The first-order valence-electron chi connectivity index (χ1n) is 7.13. The normalized spacial score (nSPS) is 19.6. The van der Waals surface area contributed by atoms with E-state index in [9.17, 15) is 0 Å². The molecule has 19 heavy (non-hydrogen) atoms. The Kier molecular flexibility index (Phi) is 4.59. The number of rotatable bonds is 6. The molecule has 0 aromatic carbocycles. The van der Waals surface area contributed by atoms with Crippen molar-refractivity contribution in [2.24, 2.45) is 5.16 Å². The molecule has 0 aliphatic heterocycles. The maximum atomic E-state index is 5.50. The lowest BCUT2D eigenvalue weighted by atomic mass is 10.2. The minimum atomic E-state index is 0.540. The number of fused-ring (bicyclic) bond motifs is 1. The van der Waals surface area contributed by atoms with Crippen LogP contribution in [-0.2, 0) is 4.84 Å². The van der Waals surface area contributed by atoms with Gasteiger partial charge in [-0.05, 0) is 39.3 Å². The zero-order chi connectivity index (χ0) is 13.8. The smallest absolute Gasteiger partial charge is 0.129 e. The summed E-state index contributed by atoms with van der Waals surface area (Å²) in [5, 5.41) is 4.29. The van der Waals surface area contributed by atoms with Gasteiger partial charge >= 0.3 is 0 Å². The third-order valence-corrected chi connectivity index (χ3v) is 3.50. The maximum Gasteiger partial charge on any atom is 0.129 e. The van der Waals surface area contributed by atoms with Crippen molar-refractivity contribution >= 4 is 5.71 Å². The molecule has 2 rings (SSSR count). The summed E-state index contributed by atoms with van der Waals surface area (Å²) < 4.78 is 0. The fourth-order valence-corrected chi connectivity index (χ4v) is 2.44. The van der Waals surface area contributed by atoms with Crippen LogP contribution in [0.15, 0.2) is 40.6 Å². The van der Waals surface area contributed by atoms with Gasteiger partial charge in [-0.1, -0.05) is 23.4 Å². The molecule has 104 valence electrons. The lowest BCUT2D eigenvalue weighted by molar-refractivity contribution is 0.0827. The molecule has 0 N–H and O–H groups in total. The van der Waals surface area contributed by atoms with Crippen molar-refractivity contribution < 1.29 is 4.84 Å². The highest BCUT2D eigenvalue weighted by molar-refractivity contribution is 6.11. The van der Waals surface area contributed by atoms with E-state index in [1.54, 1.807) is 0 Å². The summed E-state index contributed by atoms with van der Waals surface area (Å²) in [6.45, 7) is 10.4. The third kappa shape index (κ3) is 3.80. The summed E-state index contributed by atoms with van der Waals surface area (Å²) in [7, 11) is 0. The Balaban J connectivity index is 1.79. The van der Waals surface area contributed by atoms with Gasteiger partial charge in [0.15, 0.2) is 0 Å². The number of nitrogens with zero attached hydrogens (tertiary/aromatic N) is 2. The fourth-order valence-electron chi connectivity index (χ4n) is 2.44. The van der Waals surface area contributed by atoms with Gasteiger partial charge in [0.1, 0.15) is 6.61 Å². The second kappa shape index (κ2) is 6.20. The van der Waals surface area contributed by atoms with Gasteiger partial charge < -0.3 is 4.84 Å². The van der Waals surface area contributed by atoms with E-state index in [1.165, 1.54) is 11.1 Å². The Morgan fingerprint density at radius 2 is 2.00 bits per heavy atom. The van der Waals surface area contributed by atoms with Gasteiger partial charge in [-0.2, -0.15) is 0 Å². The molecule has 3 heteroatoms. The van der Waals surface area contributed by atoms with Crippen molar-refractivity contribution in [3.63, 3.8) is 0 Å². The van der Waals surface area contributed by atoms with E-state index in [1.807, 2.05) is 0 Å². The van der Waals surface area contributed by atoms with Crippen molar-refractivity contribution in [1.82, 2.24) is 4.90 Å². The number of hydrogen-bond acceptors (Lipinski definition) is 3. The molecule has 0 heterocycles. The van der Waals surface area contributed by atoms with Crippen molar-refractivity contribution in [3.05, 3.63) is 35.5 Å². The summed E-state index contributed by atoms with van der Waals surface area (Å²) in [5.41, 5.74) is 3.61. The van der Waals surface area contributed by atoms with Crippen LogP contribution in [-0.4, -0.2) is 35.8 Å². The average molecular weight is 260 g/mol. The molecular weight excluding hydrogens is 236 g/mol. The molecule has 0 amide bonds. The van der Waals surface area contributed by atoms with E-state index in [2.05, 4.69) is 62.1 Å². The summed E-state index contributed by atoms with van der Waals surface area (Å²) in [5.74, 6) is 0. The van der Waals surface area contributed by atoms with Crippen molar-refractivity contribution in [3.8, 4) is 0 Å². The molecule has 0 saturated carbocycles. The largest absolute Gasteiger partial charge is 0.394 e. The Hall–Kier alpha value is -1.35. The van der Waals surface area contributed by atoms with Crippen LogP contribution in [0.4, 0.5) is 0 Å². The van der Waals surface area contributed by atoms with Crippen molar-refractivity contribution in [2.75, 3.05) is 13.2 Å². The van der Waals surface area contributed by atoms with Crippen LogP contribution in [0, 0.1) is 0 Å². The van der Waals surface area contributed by atoms with Crippen LogP contribution >= 0.6 is 0 Å². The third-order valence-electron chi connectivity index (χ3n) is 3.50. The predicted octanol–water partition coefficient (Wildman–Crippen LogP) is 3.30. The number of allylic oxidation sites excluding steroid dienone is 6. The SMILES string of the molecule is CC(C)N(CCON=C1CC=CC=C2C=C21)C(C)C. The monoisotopic (exact) mass is 260 g/mol. The van der Waals surface area contributed by atoms with Crippen LogP contribution in [0.1, 0.15) is 34.1 Å². The molecule has 3 nitrogen and oxygen atoms in total. The van der Waals surface area contributed by atoms with Crippen molar-refractivity contribution in [1.29, 1.82) is 0 Å². The summed E-state index contributed by atoms with van der Waals surface area (Å²) in [6, 6.07) is 1.08.